The summed E-state index contributed by atoms with van der Waals surface area (Å²) in [5.74, 6) is 0.184. The van der Waals surface area contributed by atoms with E-state index in [9.17, 15) is 27.5 Å². The van der Waals surface area contributed by atoms with Crippen molar-refractivity contribution in [3.05, 3.63) is 23.8 Å². The quantitative estimate of drug-likeness (QED) is 0.402. The molecule has 2 rings (SSSR count). The number of halogens is 4. The van der Waals surface area contributed by atoms with Crippen molar-refractivity contribution in [1.29, 1.82) is 0 Å². The summed E-state index contributed by atoms with van der Waals surface area (Å²) < 4.78 is 51.1. The highest BCUT2D eigenvalue weighted by Gasteiger charge is 2.33. The van der Waals surface area contributed by atoms with Crippen molar-refractivity contribution in [3.8, 4) is 0 Å². The fourth-order valence-electron chi connectivity index (χ4n) is 4.23. The van der Waals surface area contributed by atoms with Gasteiger partial charge in [-0.3, -0.25) is 4.79 Å². The van der Waals surface area contributed by atoms with Gasteiger partial charge in [-0.2, -0.15) is 13.2 Å². The molecule has 1 aliphatic heterocycles. The number of carbonyl (C=O) groups is 1. The molecule has 1 amide bonds. The molecule has 1 saturated heterocycles. The van der Waals surface area contributed by atoms with Crippen molar-refractivity contribution in [2.45, 2.75) is 76.7 Å². The van der Waals surface area contributed by atoms with E-state index >= 15 is 0 Å². The molecule has 2 fully saturated rings. The number of rotatable bonds is 9. The van der Waals surface area contributed by atoms with Gasteiger partial charge in [0.05, 0.1) is 6.10 Å². The van der Waals surface area contributed by atoms with Crippen LogP contribution in [0.15, 0.2) is 23.8 Å². The third-order valence-corrected chi connectivity index (χ3v) is 6.41. The van der Waals surface area contributed by atoms with Gasteiger partial charge in [0.1, 0.15) is 5.67 Å². The molecule has 0 aromatic rings. The highest BCUT2D eigenvalue weighted by molar-refractivity contribution is 5.78. The molecular formula is C23H36F4N2O2. The van der Waals surface area contributed by atoms with Gasteiger partial charge in [0.2, 0.25) is 5.91 Å². The number of likely N-dealkylation sites (tertiary alicyclic amines) is 1. The highest BCUT2D eigenvalue weighted by atomic mass is 19.4. The second-order valence-corrected chi connectivity index (χ2v) is 9.35. The van der Waals surface area contributed by atoms with Crippen molar-refractivity contribution >= 4 is 5.91 Å². The van der Waals surface area contributed by atoms with Crippen LogP contribution in [0.2, 0.25) is 0 Å². The molecule has 1 saturated carbocycles. The highest BCUT2D eigenvalue weighted by Crippen LogP contribution is 2.34. The predicted molar refractivity (Wildman–Crippen MR) is 113 cm³/mol. The summed E-state index contributed by atoms with van der Waals surface area (Å²) in [7, 11) is 0. The number of carbonyl (C=O) groups excluding carboxylic acids is 1. The molecule has 2 unspecified atom stereocenters. The minimum absolute atomic E-state index is 0.0504. The van der Waals surface area contributed by atoms with Gasteiger partial charge in [-0.25, -0.2) is 4.39 Å². The lowest BCUT2D eigenvalue weighted by Crippen LogP contribution is -2.38. The van der Waals surface area contributed by atoms with E-state index in [4.69, 9.17) is 0 Å². The van der Waals surface area contributed by atoms with E-state index in [1.54, 1.807) is 13.0 Å². The van der Waals surface area contributed by atoms with Crippen LogP contribution in [0, 0.1) is 11.8 Å². The van der Waals surface area contributed by atoms with E-state index in [1.165, 1.54) is 6.08 Å². The number of nitrogens with zero attached hydrogens (tertiary/aromatic N) is 1. The topological polar surface area (TPSA) is 52.6 Å². The molecule has 0 bridgehead atoms. The lowest BCUT2D eigenvalue weighted by atomic mass is 9.80. The van der Waals surface area contributed by atoms with Gasteiger partial charge in [0, 0.05) is 31.1 Å². The maximum absolute atomic E-state index is 13.8. The number of nitrogens with one attached hydrogen (secondary N) is 1. The van der Waals surface area contributed by atoms with E-state index in [2.05, 4.69) is 10.2 Å². The first-order chi connectivity index (χ1) is 14.5. The van der Waals surface area contributed by atoms with Crippen LogP contribution >= 0.6 is 0 Å². The van der Waals surface area contributed by atoms with Crippen LogP contribution in [0.1, 0.15) is 58.8 Å². The van der Waals surface area contributed by atoms with Gasteiger partial charge in [-0.05, 0) is 71.3 Å². The smallest absolute Gasteiger partial charge is 0.392 e. The normalized spacial score (nSPS) is 29.5. The van der Waals surface area contributed by atoms with Crippen LogP contribution in [0.3, 0.4) is 0 Å². The van der Waals surface area contributed by atoms with E-state index in [-0.39, 0.29) is 11.8 Å². The molecule has 2 aliphatic rings. The zero-order valence-electron chi connectivity index (χ0n) is 18.6. The number of aliphatic hydroxyl groups excluding tert-OH is 1. The fourth-order valence-corrected chi connectivity index (χ4v) is 4.23. The Balaban J connectivity index is 1.60. The molecule has 0 spiro atoms. The van der Waals surface area contributed by atoms with E-state index < -0.39 is 23.5 Å². The van der Waals surface area contributed by atoms with Crippen LogP contribution in [-0.2, 0) is 4.79 Å². The van der Waals surface area contributed by atoms with Crippen LogP contribution in [0.25, 0.3) is 0 Å². The Morgan fingerprint density at radius 2 is 1.97 bits per heavy atom. The number of β-amino-alcohol motifs (C(OH)–C–C–N with tert-alkyl or cyclic N) is 1. The largest absolute Gasteiger partial charge is 0.412 e. The zero-order chi connectivity index (χ0) is 23.1. The Morgan fingerprint density at radius 3 is 2.61 bits per heavy atom. The lowest BCUT2D eigenvalue weighted by Gasteiger charge is -2.30. The number of allylic oxidation sites excluding steroid dienone is 4. The summed E-state index contributed by atoms with van der Waals surface area (Å²) >= 11 is 0. The minimum Gasteiger partial charge on any atom is -0.392 e. The molecule has 1 heterocycles. The Labute approximate surface area is 182 Å². The number of alkyl halides is 4. The van der Waals surface area contributed by atoms with Crippen LogP contribution in [-0.4, -0.2) is 60.0 Å². The standard InChI is InChI=1S/C23H36F4N2O2/c1-17(23(25,26)27)5-3-4-6-18-10-14-29(15-18)16-20(30)9-13-28-21(31)19-7-11-22(2,24)12-8-19/h3-5,18-20,30H,6-16H2,1-2H3,(H,28,31)/b4-3-,17-5+. The lowest BCUT2D eigenvalue weighted by molar-refractivity contribution is -0.126. The van der Waals surface area contributed by atoms with Gasteiger partial charge in [0.25, 0.3) is 0 Å². The molecule has 31 heavy (non-hydrogen) atoms. The van der Waals surface area contributed by atoms with E-state index in [0.29, 0.717) is 57.5 Å². The maximum Gasteiger partial charge on any atom is 0.412 e. The first-order valence-corrected chi connectivity index (χ1v) is 11.2. The van der Waals surface area contributed by atoms with Crippen LogP contribution in [0.5, 0.6) is 0 Å². The average Bonchev–Trinajstić information content (AvgIpc) is 3.11. The first kappa shape index (κ1) is 25.8. The first-order valence-electron chi connectivity index (χ1n) is 11.2. The predicted octanol–water partition coefficient (Wildman–Crippen LogP) is 4.55. The number of hydrogen-bond acceptors (Lipinski definition) is 3. The second-order valence-electron chi connectivity index (χ2n) is 9.35. The molecule has 1 aliphatic carbocycles. The van der Waals surface area contributed by atoms with E-state index in [1.807, 2.05) is 0 Å². The van der Waals surface area contributed by atoms with Crippen molar-refractivity contribution in [3.63, 3.8) is 0 Å². The van der Waals surface area contributed by atoms with Crippen molar-refractivity contribution < 1.29 is 27.5 Å². The third-order valence-electron chi connectivity index (χ3n) is 6.41. The second kappa shape index (κ2) is 11.5. The van der Waals surface area contributed by atoms with Gasteiger partial charge < -0.3 is 15.3 Å². The van der Waals surface area contributed by atoms with Gasteiger partial charge in [0.15, 0.2) is 0 Å². The molecule has 178 valence electrons. The Morgan fingerprint density at radius 1 is 1.29 bits per heavy atom. The maximum atomic E-state index is 13.8. The minimum atomic E-state index is -4.28. The summed E-state index contributed by atoms with van der Waals surface area (Å²) in [5, 5.41) is 13.1. The summed E-state index contributed by atoms with van der Waals surface area (Å²) in [4.78, 5) is 14.4. The van der Waals surface area contributed by atoms with Gasteiger partial charge in [-0.1, -0.05) is 18.2 Å². The number of aliphatic hydroxyl groups is 1. The Kier molecular flexibility index (Phi) is 9.55. The van der Waals surface area contributed by atoms with Crippen molar-refractivity contribution in [2.75, 3.05) is 26.2 Å². The molecule has 2 atom stereocenters. The summed E-state index contributed by atoms with van der Waals surface area (Å²) in [5.41, 5.74) is -1.77. The monoisotopic (exact) mass is 448 g/mol. The summed E-state index contributed by atoms with van der Waals surface area (Å²) in [6.45, 7) is 5.22. The van der Waals surface area contributed by atoms with Crippen LogP contribution in [0.4, 0.5) is 17.6 Å². The molecule has 8 heteroatoms. The molecule has 0 radical (unpaired) electrons. The Hall–Kier alpha value is -1.41. The third kappa shape index (κ3) is 9.31. The van der Waals surface area contributed by atoms with Crippen LogP contribution < -0.4 is 5.32 Å². The number of amides is 1. The molecule has 2 N–H and O–H groups in total. The van der Waals surface area contributed by atoms with Gasteiger partial charge >= 0.3 is 6.18 Å². The molecule has 0 aromatic heterocycles. The Bertz CT molecular complexity index is 636. The van der Waals surface area contributed by atoms with E-state index in [0.717, 1.165) is 32.5 Å². The van der Waals surface area contributed by atoms with Gasteiger partial charge in [-0.15, -0.1) is 0 Å². The SMILES string of the molecule is C/C(=C\C=C/CC1CCN(CC(O)CCNC(=O)C2CCC(C)(F)CC2)C1)C(F)(F)F. The molecular weight excluding hydrogens is 412 g/mol. The number of hydrogen-bond donors (Lipinski definition) is 2. The fraction of sp³-hybridized carbons (Fsp3) is 0.783. The zero-order valence-corrected chi connectivity index (χ0v) is 18.6. The van der Waals surface area contributed by atoms with Crippen molar-refractivity contribution in [2.24, 2.45) is 11.8 Å². The average molecular weight is 449 g/mol. The van der Waals surface area contributed by atoms with Crippen molar-refractivity contribution in [1.82, 2.24) is 10.2 Å². The molecule has 0 aromatic carbocycles. The summed E-state index contributed by atoms with van der Waals surface area (Å²) in [6, 6.07) is 0. The summed E-state index contributed by atoms with van der Waals surface area (Å²) in [6.07, 6.45) is 3.57. The molecule has 4 nitrogen and oxygen atoms in total.